The smallest absolute Gasteiger partial charge is 0.285 e. The monoisotopic (exact) mass is 368 g/mol. The van der Waals surface area contributed by atoms with Crippen molar-refractivity contribution in [2.45, 2.75) is 19.8 Å². The van der Waals surface area contributed by atoms with Gasteiger partial charge in [0.2, 0.25) is 5.91 Å². The summed E-state index contributed by atoms with van der Waals surface area (Å²) in [5.74, 6) is -0.542. The Kier molecular flexibility index (Phi) is 5.44. The summed E-state index contributed by atoms with van der Waals surface area (Å²) in [5, 5.41) is 14.1. The van der Waals surface area contributed by atoms with Gasteiger partial charge >= 0.3 is 0 Å². The third kappa shape index (κ3) is 4.11. The number of carbonyl (C=O) groups is 2. The van der Waals surface area contributed by atoms with Crippen molar-refractivity contribution < 1.29 is 14.5 Å². The quantitative estimate of drug-likeness (QED) is 0.660. The number of likely N-dealkylation sites (tertiary alicyclic amines) is 1. The highest BCUT2D eigenvalue weighted by Crippen LogP contribution is 2.27. The van der Waals surface area contributed by atoms with Gasteiger partial charge in [-0.3, -0.25) is 19.7 Å². The van der Waals surface area contributed by atoms with Crippen molar-refractivity contribution in [2.24, 2.45) is 5.92 Å². The maximum absolute atomic E-state index is 12.9. The molecule has 2 aromatic rings. The zero-order valence-corrected chi connectivity index (χ0v) is 14.9. The van der Waals surface area contributed by atoms with E-state index in [9.17, 15) is 19.7 Å². The molecule has 3 rings (SSSR count). The lowest BCUT2D eigenvalue weighted by atomic mass is 9.96. The maximum atomic E-state index is 12.9. The molecule has 1 aromatic heterocycles. The number of carbonyl (C=O) groups excluding carboxylic acids is 2. The van der Waals surface area contributed by atoms with Gasteiger partial charge in [-0.2, -0.15) is 0 Å². The average Bonchev–Trinajstić information content (AvgIpc) is 2.67. The first-order chi connectivity index (χ1) is 13.0. The lowest BCUT2D eigenvalue weighted by Crippen LogP contribution is -2.44. The van der Waals surface area contributed by atoms with Crippen LogP contribution in [0.15, 0.2) is 42.6 Å². The maximum Gasteiger partial charge on any atom is 0.285 e. The van der Waals surface area contributed by atoms with Crippen molar-refractivity contribution in [2.75, 3.05) is 18.4 Å². The molecule has 27 heavy (non-hydrogen) atoms. The van der Waals surface area contributed by atoms with Crippen molar-refractivity contribution >= 4 is 23.3 Å². The first-order valence-corrected chi connectivity index (χ1v) is 8.72. The molecule has 2 heterocycles. The second kappa shape index (κ2) is 7.94. The van der Waals surface area contributed by atoms with Crippen molar-refractivity contribution in [1.29, 1.82) is 0 Å². The standard InChI is InChI=1S/C19H20N4O4/c1-13-6-4-8-15(17(13)23(26)27)19(25)22-11-5-7-14(12-22)18(24)21-16-9-2-3-10-20-16/h2-4,6,8-10,14H,5,7,11-12H2,1H3,(H,20,21,24)/t14-/m0/s1. The van der Waals surface area contributed by atoms with Gasteiger partial charge in [0.05, 0.1) is 10.8 Å². The van der Waals surface area contributed by atoms with Crippen LogP contribution in [-0.4, -0.2) is 39.7 Å². The van der Waals surface area contributed by atoms with E-state index in [1.54, 1.807) is 43.5 Å². The summed E-state index contributed by atoms with van der Waals surface area (Å²) in [6.07, 6.45) is 2.90. The number of anilines is 1. The summed E-state index contributed by atoms with van der Waals surface area (Å²) in [6, 6.07) is 9.92. The number of para-hydroxylation sites is 1. The number of amides is 2. The third-order valence-corrected chi connectivity index (χ3v) is 4.65. The molecule has 1 aliphatic rings. The number of nitro groups is 1. The van der Waals surface area contributed by atoms with Gasteiger partial charge in [-0.15, -0.1) is 0 Å². The van der Waals surface area contributed by atoms with E-state index >= 15 is 0 Å². The molecule has 1 fully saturated rings. The van der Waals surface area contributed by atoms with Gasteiger partial charge in [-0.05, 0) is 38.0 Å². The Hall–Kier alpha value is -3.29. The van der Waals surface area contributed by atoms with Gasteiger partial charge in [0, 0.05) is 24.8 Å². The molecule has 140 valence electrons. The minimum Gasteiger partial charge on any atom is -0.338 e. The van der Waals surface area contributed by atoms with E-state index in [0.717, 1.165) is 0 Å². The fraction of sp³-hybridized carbons (Fsp3) is 0.316. The predicted molar refractivity (Wildman–Crippen MR) is 99.3 cm³/mol. The van der Waals surface area contributed by atoms with Gasteiger partial charge < -0.3 is 10.2 Å². The van der Waals surface area contributed by atoms with E-state index in [4.69, 9.17) is 0 Å². The molecule has 0 spiro atoms. The van der Waals surface area contributed by atoms with Gasteiger partial charge in [-0.25, -0.2) is 4.98 Å². The highest BCUT2D eigenvalue weighted by atomic mass is 16.6. The minimum absolute atomic E-state index is 0.0609. The summed E-state index contributed by atoms with van der Waals surface area (Å²) in [6.45, 7) is 2.30. The molecule has 1 atom stereocenters. The normalized spacial score (nSPS) is 16.6. The second-order valence-corrected chi connectivity index (χ2v) is 6.52. The number of pyridine rings is 1. The number of nitrogens with one attached hydrogen (secondary N) is 1. The Bertz CT molecular complexity index is 869. The van der Waals surface area contributed by atoms with E-state index in [0.29, 0.717) is 30.8 Å². The number of nitrogens with zero attached hydrogens (tertiary/aromatic N) is 3. The summed E-state index contributed by atoms with van der Waals surface area (Å²) >= 11 is 0. The van der Waals surface area contributed by atoms with Crippen LogP contribution in [0.3, 0.4) is 0 Å². The molecule has 0 radical (unpaired) electrons. The van der Waals surface area contributed by atoms with E-state index in [-0.39, 0.29) is 29.6 Å². The Morgan fingerprint density at radius 1 is 1.26 bits per heavy atom. The number of benzene rings is 1. The van der Waals surface area contributed by atoms with E-state index in [1.807, 2.05) is 0 Å². The van der Waals surface area contributed by atoms with Crippen molar-refractivity contribution in [3.05, 3.63) is 63.8 Å². The Balaban J connectivity index is 1.75. The van der Waals surface area contributed by atoms with Crippen LogP contribution < -0.4 is 5.32 Å². The molecule has 1 aromatic carbocycles. The van der Waals surface area contributed by atoms with Crippen LogP contribution in [0.1, 0.15) is 28.8 Å². The highest BCUT2D eigenvalue weighted by molar-refractivity contribution is 5.99. The van der Waals surface area contributed by atoms with Crippen LogP contribution in [0.25, 0.3) is 0 Å². The summed E-state index contributed by atoms with van der Waals surface area (Å²) in [5.41, 5.74) is 0.320. The number of hydrogen-bond acceptors (Lipinski definition) is 5. The van der Waals surface area contributed by atoms with E-state index < -0.39 is 10.8 Å². The summed E-state index contributed by atoms with van der Waals surface area (Å²) in [7, 11) is 0. The van der Waals surface area contributed by atoms with Crippen LogP contribution >= 0.6 is 0 Å². The molecule has 1 saturated heterocycles. The molecule has 8 heteroatoms. The van der Waals surface area contributed by atoms with Crippen molar-refractivity contribution in [3.8, 4) is 0 Å². The molecule has 0 unspecified atom stereocenters. The van der Waals surface area contributed by atoms with Crippen LogP contribution in [-0.2, 0) is 4.79 Å². The Morgan fingerprint density at radius 3 is 2.78 bits per heavy atom. The van der Waals surface area contributed by atoms with Crippen molar-refractivity contribution in [1.82, 2.24) is 9.88 Å². The Morgan fingerprint density at radius 2 is 2.07 bits per heavy atom. The number of aryl methyl sites for hydroxylation is 1. The fourth-order valence-electron chi connectivity index (χ4n) is 3.28. The van der Waals surface area contributed by atoms with Crippen LogP contribution in [0, 0.1) is 23.0 Å². The number of piperidine rings is 1. The lowest BCUT2D eigenvalue weighted by Gasteiger charge is -2.32. The SMILES string of the molecule is Cc1cccc(C(=O)N2CCC[C@H](C(=O)Nc3ccccn3)C2)c1[N+](=O)[O-]. The zero-order valence-electron chi connectivity index (χ0n) is 14.9. The van der Waals surface area contributed by atoms with Gasteiger partial charge in [0.1, 0.15) is 11.4 Å². The average molecular weight is 368 g/mol. The molecule has 0 bridgehead atoms. The third-order valence-electron chi connectivity index (χ3n) is 4.65. The summed E-state index contributed by atoms with van der Waals surface area (Å²) in [4.78, 5) is 41.8. The molecule has 0 aliphatic carbocycles. The number of aromatic nitrogens is 1. The van der Waals surface area contributed by atoms with Crippen molar-refractivity contribution in [3.63, 3.8) is 0 Å². The van der Waals surface area contributed by atoms with E-state index in [1.165, 1.54) is 11.0 Å². The summed E-state index contributed by atoms with van der Waals surface area (Å²) < 4.78 is 0. The number of hydrogen-bond donors (Lipinski definition) is 1. The molecule has 2 amide bonds. The molecule has 0 saturated carbocycles. The molecular weight excluding hydrogens is 348 g/mol. The lowest BCUT2D eigenvalue weighted by molar-refractivity contribution is -0.385. The molecule has 1 aliphatic heterocycles. The topological polar surface area (TPSA) is 105 Å². The zero-order chi connectivity index (χ0) is 19.4. The van der Waals surface area contributed by atoms with Crippen LogP contribution in [0.5, 0.6) is 0 Å². The molecule has 8 nitrogen and oxygen atoms in total. The first-order valence-electron chi connectivity index (χ1n) is 8.72. The largest absolute Gasteiger partial charge is 0.338 e. The first kappa shape index (κ1) is 18.5. The van der Waals surface area contributed by atoms with E-state index in [2.05, 4.69) is 10.3 Å². The second-order valence-electron chi connectivity index (χ2n) is 6.52. The fourth-order valence-corrected chi connectivity index (χ4v) is 3.28. The highest BCUT2D eigenvalue weighted by Gasteiger charge is 2.32. The minimum atomic E-state index is -0.530. The molecular formula is C19H20N4O4. The van der Waals surface area contributed by atoms with Gasteiger partial charge in [-0.1, -0.05) is 18.2 Å². The molecule has 1 N–H and O–H groups in total. The van der Waals surface area contributed by atoms with Gasteiger partial charge in [0.25, 0.3) is 11.6 Å². The number of nitro benzene ring substituents is 1. The van der Waals surface area contributed by atoms with Gasteiger partial charge in [0.15, 0.2) is 0 Å². The van der Waals surface area contributed by atoms with Crippen LogP contribution in [0.2, 0.25) is 0 Å². The predicted octanol–water partition coefficient (Wildman–Crippen LogP) is 2.79. The number of rotatable bonds is 4. The Labute approximate surface area is 156 Å². The van der Waals surface area contributed by atoms with Crippen LogP contribution in [0.4, 0.5) is 11.5 Å².